The lowest BCUT2D eigenvalue weighted by atomic mass is 9.44. The average molecular weight is 631 g/mol. The molecule has 1 aromatic heterocycles. The van der Waals surface area contributed by atoms with Crippen molar-refractivity contribution in [2.45, 2.75) is 132 Å². The molecule has 0 unspecified atom stereocenters. The maximum absolute atomic E-state index is 11.7. The molecule has 1 heterocycles. The summed E-state index contributed by atoms with van der Waals surface area (Å²) in [5.41, 5.74) is 6.05. The predicted molar refractivity (Wildman–Crippen MR) is 188 cm³/mol. The van der Waals surface area contributed by atoms with Gasteiger partial charge in [0.05, 0.1) is 23.2 Å². The molecule has 7 heteroatoms. The summed E-state index contributed by atoms with van der Waals surface area (Å²) in [6, 6.07) is 6.90. The highest BCUT2D eigenvalue weighted by atomic mass is 16.6. The fourth-order valence-corrected chi connectivity index (χ4v) is 8.28. The molecule has 1 aromatic carbocycles. The minimum absolute atomic E-state index is 0.0289. The van der Waals surface area contributed by atoms with Crippen LogP contribution in [-0.2, 0) is 11.4 Å². The third-order valence-corrected chi connectivity index (χ3v) is 10.9. The second-order valence-corrected chi connectivity index (χ2v) is 15.3. The van der Waals surface area contributed by atoms with E-state index < -0.39 is 5.60 Å². The average Bonchev–Trinajstić information content (AvgIpc) is 3.44. The number of aliphatic hydroxyl groups is 1. The van der Waals surface area contributed by atoms with E-state index in [-0.39, 0.29) is 29.1 Å². The van der Waals surface area contributed by atoms with Gasteiger partial charge >= 0.3 is 0 Å². The van der Waals surface area contributed by atoms with Gasteiger partial charge in [0, 0.05) is 11.5 Å². The fraction of sp³-hybridized carbons (Fsp3) is 0.615. The van der Waals surface area contributed by atoms with Crippen molar-refractivity contribution in [3.8, 4) is 11.4 Å². The Morgan fingerprint density at radius 3 is 2.39 bits per heavy atom. The second kappa shape index (κ2) is 15.1. The maximum atomic E-state index is 11.7. The molecule has 0 spiro atoms. The van der Waals surface area contributed by atoms with E-state index in [1.165, 1.54) is 16.7 Å². The Morgan fingerprint density at radius 2 is 1.70 bits per heavy atom. The molecular weight excluding hydrogens is 572 g/mol. The lowest BCUT2D eigenvalue weighted by Gasteiger charge is -2.61. The van der Waals surface area contributed by atoms with E-state index >= 15 is 0 Å². The van der Waals surface area contributed by atoms with Gasteiger partial charge in [0.25, 0.3) is 0 Å². The van der Waals surface area contributed by atoms with Crippen LogP contribution in [-0.4, -0.2) is 36.5 Å². The van der Waals surface area contributed by atoms with Crippen molar-refractivity contribution in [3.63, 3.8) is 0 Å². The molecule has 252 valence electrons. The Labute approximate surface area is 277 Å². The topological polar surface area (TPSA) is 92.8 Å². The highest BCUT2D eigenvalue weighted by molar-refractivity contribution is 5.90. The van der Waals surface area contributed by atoms with Gasteiger partial charge in [-0.15, -0.1) is 5.10 Å². The van der Waals surface area contributed by atoms with E-state index in [0.29, 0.717) is 11.6 Å². The van der Waals surface area contributed by atoms with Crippen LogP contribution in [0.4, 0.5) is 0 Å². The van der Waals surface area contributed by atoms with Crippen LogP contribution in [0, 0.1) is 22.7 Å². The number of benzene rings is 1. The minimum Gasteiger partial charge on any atom is -0.508 e. The molecular formula is C39H58N4O3. The Kier molecular flexibility index (Phi) is 11.7. The second-order valence-electron chi connectivity index (χ2n) is 15.3. The smallest absolute Gasteiger partial charge is 0.162 e. The third-order valence-electron chi connectivity index (χ3n) is 10.9. The van der Waals surface area contributed by atoms with Crippen molar-refractivity contribution < 1.29 is 15.1 Å². The molecule has 0 bridgehead atoms. The molecule has 4 atom stereocenters. The van der Waals surface area contributed by atoms with Gasteiger partial charge in [0.1, 0.15) is 11.4 Å². The molecule has 7 nitrogen and oxygen atoms in total. The Bertz CT molecular complexity index is 1440. The van der Waals surface area contributed by atoms with Crippen molar-refractivity contribution in [1.29, 1.82) is 0 Å². The quantitative estimate of drug-likeness (QED) is 0.170. The summed E-state index contributed by atoms with van der Waals surface area (Å²) in [7, 11) is 0. The third kappa shape index (κ3) is 8.78. The number of phenols is 1. The number of nitrogens with zero attached hydrogens (tertiary/aromatic N) is 4. The maximum Gasteiger partial charge on any atom is 0.162 e. The number of hydrogen-bond acceptors (Lipinski definition) is 6. The van der Waals surface area contributed by atoms with Crippen LogP contribution in [0.25, 0.3) is 5.69 Å². The fourth-order valence-electron chi connectivity index (χ4n) is 8.28. The van der Waals surface area contributed by atoms with Gasteiger partial charge in [-0.2, -0.15) is 0 Å². The number of phenolic OH excluding ortho intramolecular Hbond substituents is 1. The standard InChI is InChI=1S/C39H58N4O3/c1-28(2)13-9-14-29(3)15-10-16-30(4)17-11-20-35-38(7)23-22-36(37(5,6)34(38)21-24-39(35,8)45)41-46-27-31-26-43(42-40-31)32-18-12-19-33(44)25-32/h12-13,15,17-19,25-26,34-35,44-45H,9-11,14,16,20-24,27H2,1-8H3/b29-15+,30-17+,41-36+/t34-,35+,38-,39+/m0/s1. The van der Waals surface area contributed by atoms with Crippen LogP contribution in [0.15, 0.2) is 70.6 Å². The molecule has 2 aliphatic rings. The zero-order valence-electron chi connectivity index (χ0n) is 29.6. The van der Waals surface area contributed by atoms with Crippen LogP contribution >= 0.6 is 0 Å². The van der Waals surface area contributed by atoms with E-state index in [4.69, 9.17) is 4.84 Å². The van der Waals surface area contributed by atoms with Crippen LogP contribution < -0.4 is 0 Å². The lowest BCUT2D eigenvalue weighted by Crippen LogP contribution is -2.59. The Balaban J connectivity index is 1.35. The van der Waals surface area contributed by atoms with Gasteiger partial charge in [-0.05, 0) is 128 Å². The molecule has 2 aromatic rings. The summed E-state index contributed by atoms with van der Waals surface area (Å²) in [5.74, 6) is 0.827. The van der Waals surface area contributed by atoms with Crippen molar-refractivity contribution in [1.82, 2.24) is 15.0 Å². The van der Waals surface area contributed by atoms with Crippen LogP contribution in [0.3, 0.4) is 0 Å². The van der Waals surface area contributed by atoms with E-state index in [1.807, 2.05) is 6.07 Å². The molecule has 2 aliphatic carbocycles. The molecule has 2 fully saturated rings. The van der Waals surface area contributed by atoms with E-state index in [0.717, 1.165) is 75.6 Å². The van der Waals surface area contributed by atoms with Gasteiger partial charge in [0.15, 0.2) is 6.61 Å². The van der Waals surface area contributed by atoms with Crippen LogP contribution in [0.1, 0.15) is 125 Å². The zero-order chi connectivity index (χ0) is 33.5. The molecule has 2 saturated carbocycles. The number of aromatic nitrogens is 3. The van der Waals surface area contributed by atoms with E-state index in [9.17, 15) is 10.2 Å². The number of oxime groups is 1. The number of allylic oxidation sites excluding steroid dienone is 6. The number of fused-ring (bicyclic) bond motifs is 1. The SMILES string of the molecule is CC(C)=CCC/C(C)=C/CC/C(C)=C/CC[C@@H]1[C@@]2(C)CC/C(=N\OCc3cn(-c4cccc(O)c4)nn3)C(C)(C)[C@@H]2CC[C@@]1(C)O. The van der Waals surface area contributed by atoms with Gasteiger partial charge in [-0.3, -0.25) is 0 Å². The Hall–Kier alpha value is -3.19. The van der Waals surface area contributed by atoms with Gasteiger partial charge in [-0.25, -0.2) is 4.68 Å². The van der Waals surface area contributed by atoms with Crippen LogP contribution in [0.2, 0.25) is 0 Å². The summed E-state index contributed by atoms with van der Waals surface area (Å²) in [5, 5.41) is 34.6. The first-order valence-corrected chi connectivity index (χ1v) is 17.3. The highest BCUT2D eigenvalue weighted by Crippen LogP contribution is 2.62. The summed E-state index contributed by atoms with van der Waals surface area (Å²) in [4.78, 5) is 5.87. The predicted octanol–water partition coefficient (Wildman–Crippen LogP) is 9.65. The normalized spacial score (nSPS) is 27.4. The van der Waals surface area contributed by atoms with E-state index in [2.05, 4.69) is 89.1 Å². The number of aromatic hydroxyl groups is 1. The number of hydrogen-bond donors (Lipinski definition) is 2. The summed E-state index contributed by atoms with van der Waals surface area (Å²) in [6.45, 7) is 18.2. The Morgan fingerprint density at radius 1 is 1.00 bits per heavy atom. The molecule has 0 radical (unpaired) electrons. The molecule has 2 N–H and O–H groups in total. The van der Waals surface area contributed by atoms with Gasteiger partial charge in [0.2, 0.25) is 0 Å². The lowest BCUT2D eigenvalue weighted by molar-refractivity contribution is -0.150. The molecule has 0 aliphatic heterocycles. The zero-order valence-corrected chi connectivity index (χ0v) is 29.6. The molecule has 4 rings (SSSR count). The molecule has 0 amide bonds. The van der Waals surface area contributed by atoms with Crippen molar-refractivity contribution in [2.75, 3.05) is 0 Å². The summed E-state index contributed by atoms with van der Waals surface area (Å²) in [6.07, 6.45) is 19.1. The summed E-state index contributed by atoms with van der Waals surface area (Å²) < 4.78 is 1.62. The van der Waals surface area contributed by atoms with Crippen molar-refractivity contribution in [2.24, 2.45) is 27.8 Å². The monoisotopic (exact) mass is 630 g/mol. The molecule has 46 heavy (non-hydrogen) atoms. The first kappa shape index (κ1) is 35.7. The van der Waals surface area contributed by atoms with Crippen LogP contribution in [0.5, 0.6) is 5.75 Å². The highest BCUT2D eigenvalue weighted by Gasteiger charge is 2.59. The van der Waals surface area contributed by atoms with Gasteiger partial charge < -0.3 is 15.1 Å². The van der Waals surface area contributed by atoms with Crippen molar-refractivity contribution in [3.05, 3.63) is 71.1 Å². The first-order valence-electron chi connectivity index (χ1n) is 17.3. The first-order chi connectivity index (χ1) is 21.7. The van der Waals surface area contributed by atoms with Crippen molar-refractivity contribution >= 4 is 5.71 Å². The summed E-state index contributed by atoms with van der Waals surface area (Å²) >= 11 is 0. The largest absolute Gasteiger partial charge is 0.508 e. The minimum atomic E-state index is -0.666. The number of rotatable bonds is 13. The van der Waals surface area contributed by atoms with Gasteiger partial charge in [-0.1, -0.05) is 72.2 Å². The van der Waals surface area contributed by atoms with E-state index in [1.54, 1.807) is 29.1 Å². The molecule has 0 saturated heterocycles.